The summed E-state index contributed by atoms with van der Waals surface area (Å²) >= 11 is 0. The number of aliphatic hydroxyl groups is 4. The van der Waals surface area contributed by atoms with Gasteiger partial charge in [-0.3, -0.25) is 14.9 Å². The minimum atomic E-state index is -1.77. The quantitative estimate of drug-likeness (QED) is 0.174. The third-order valence-corrected chi connectivity index (χ3v) is 5.22. The zero-order chi connectivity index (χ0) is 24.3. The van der Waals surface area contributed by atoms with E-state index in [1.165, 1.54) is 24.3 Å². The molecule has 178 valence electrons. The lowest BCUT2D eigenvalue weighted by molar-refractivity contribution is -0.384. The number of nitro groups is 1. The molecule has 1 aliphatic heterocycles. The number of aromatic hydroxyl groups is 2. The minimum Gasteiger partial charge on any atom is -0.508 e. The molecule has 1 saturated heterocycles. The van der Waals surface area contributed by atoms with Gasteiger partial charge in [0.15, 0.2) is 5.78 Å². The van der Waals surface area contributed by atoms with Gasteiger partial charge in [0.1, 0.15) is 47.2 Å². The Morgan fingerprint density at radius 2 is 1.73 bits per heavy atom. The Balaban J connectivity index is 1.80. The average Bonchev–Trinajstić information content (AvgIpc) is 2.77. The fourth-order valence-corrected chi connectivity index (χ4v) is 3.42. The topological polar surface area (TPSA) is 200 Å². The van der Waals surface area contributed by atoms with Crippen molar-refractivity contribution >= 4 is 11.5 Å². The molecule has 0 spiro atoms. The molecule has 1 fully saturated rings. The number of hydrogen-bond donors (Lipinski definition) is 6. The fraction of sp³-hybridized carbons (Fsp3) is 0.381. The van der Waals surface area contributed by atoms with Gasteiger partial charge in [-0.05, 0) is 12.0 Å². The van der Waals surface area contributed by atoms with Crippen LogP contribution in [0.25, 0.3) is 0 Å². The second-order valence-corrected chi connectivity index (χ2v) is 7.50. The summed E-state index contributed by atoms with van der Waals surface area (Å²) in [5.74, 6) is -2.03. The number of phenols is 2. The summed E-state index contributed by atoms with van der Waals surface area (Å²) in [6.45, 7) is -0.697. The van der Waals surface area contributed by atoms with Gasteiger partial charge in [0.25, 0.3) is 5.69 Å². The number of nitro benzene ring substituents is 1. The first-order valence-electron chi connectivity index (χ1n) is 9.92. The number of nitrogens with zero attached hydrogens (tertiary/aromatic N) is 1. The summed E-state index contributed by atoms with van der Waals surface area (Å²) in [7, 11) is 0. The van der Waals surface area contributed by atoms with Crippen LogP contribution >= 0.6 is 0 Å². The third kappa shape index (κ3) is 5.38. The van der Waals surface area contributed by atoms with Gasteiger partial charge in [0, 0.05) is 30.7 Å². The van der Waals surface area contributed by atoms with Crippen LogP contribution in [0.4, 0.5) is 5.69 Å². The van der Waals surface area contributed by atoms with Crippen molar-refractivity contribution in [3.63, 3.8) is 0 Å². The number of ether oxygens (including phenoxy) is 2. The zero-order valence-electron chi connectivity index (χ0n) is 17.1. The predicted octanol–water partition coefficient (Wildman–Crippen LogP) is 0.000200. The Kier molecular flexibility index (Phi) is 7.46. The van der Waals surface area contributed by atoms with E-state index in [9.17, 15) is 45.5 Å². The molecular formula is C21H23NO11. The Labute approximate surface area is 187 Å². The van der Waals surface area contributed by atoms with Crippen LogP contribution in [0.3, 0.4) is 0 Å². The molecular weight excluding hydrogens is 442 g/mol. The molecule has 0 aliphatic carbocycles. The second kappa shape index (κ2) is 10.1. The van der Waals surface area contributed by atoms with Crippen LogP contribution in [0.15, 0.2) is 36.4 Å². The smallest absolute Gasteiger partial charge is 0.269 e. The number of Topliss-reactive ketones (excluding diaryl/α,β-unsaturated/α-hetero) is 1. The first-order chi connectivity index (χ1) is 15.6. The number of benzene rings is 2. The van der Waals surface area contributed by atoms with Crippen LogP contribution < -0.4 is 4.74 Å². The highest BCUT2D eigenvalue weighted by Crippen LogP contribution is 2.36. The molecule has 0 saturated carbocycles. The van der Waals surface area contributed by atoms with Crippen molar-refractivity contribution in [2.75, 3.05) is 6.61 Å². The molecule has 33 heavy (non-hydrogen) atoms. The SMILES string of the molecule is O=C(CCc1ccc([N+](=O)[O-])cc1)c1c(O)cc(O)cc1O[C@@H]1O[C@H](CO)[C@@H](O)[C@H](O)[C@H]1O. The van der Waals surface area contributed by atoms with Crippen LogP contribution in [0, 0.1) is 10.1 Å². The maximum absolute atomic E-state index is 12.8. The molecule has 5 atom stereocenters. The second-order valence-electron chi connectivity index (χ2n) is 7.50. The molecule has 3 rings (SSSR count). The van der Waals surface area contributed by atoms with Crippen molar-refractivity contribution in [2.45, 2.75) is 43.5 Å². The number of phenolic OH excluding ortho intramolecular Hbond substituents is 2. The van der Waals surface area contributed by atoms with E-state index < -0.39 is 59.5 Å². The van der Waals surface area contributed by atoms with Gasteiger partial charge in [-0.25, -0.2) is 0 Å². The predicted molar refractivity (Wildman–Crippen MR) is 110 cm³/mol. The summed E-state index contributed by atoms with van der Waals surface area (Å²) < 4.78 is 10.7. The van der Waals surface area contributed by atoms with Gasteiger partial charge < -0.3 is 40.1 Å². The molecule has 0 radical (unpaired) electrons. The van der Waals surface area contributed by atoms with Crippen molar-refractivity contribution in [1.29, 1.82) is 0 Å². The van der Waals surface area contributed by atoms with Gasteiger partial charge >= 0.3 is 0 Å². The molecule has 0 aromatic heterocycles. The molecule has 0 amide bonds. The summed E-state index contributed by atoms with van der Waals surface area (Å²) in [6, 6.07) is 7.50. The highest BCUT2D eigenvalue weighted by atomic mass is 16.7. The number of carbonyl (C=O) groups is 1. The number of rotatable bonds is 8. The van der Waals surface area contributed by atoms with E-state index in [2.05, 4.69) is 0 Å². The molecule has 2 aromatic rings. The molecule has 12 nitrogen and oxygen atoms in total. The third-order valence-electron chi connectivity index (χ3n) is 5.22. The highest BCUT2D eigenvalue weighted by Gasteiger charge is 2.45. The van der Waals surface area contributed by atoms with Gasteiger partial charge in [0.2, 0.25) is 6.29 Å². The summed E-state index contributed by atoms with van der Waals surface area (Å²) in [5.41, 5.74) is 0.201. The van der Waals surface area contributed by atoms with Gasteiger partial charge in [-0.2, -0.15) is 0 Å². The van der Waals surface area contributed by atoms with E-state index in [0.717, 1.165) is 12.1 Å². The molecule has 1 heterocycles. The lowest BCUT2D eigenvalue weighted by Crippen LogP contribution is -2.60. The van der Waals surface area contributed by atoms with E-state index in [4.69, 9.17) is 9.47 Å². The van der Waals surface area contributed by atoms with E-state index in [1.807, 2.05) is 0 Å². The fourth-order valence-electron chi connectivity index (χ4n) is 3.42. The molecule has 2 aromatic carbocycles. The van der Waals surface area contributed by atoms with Crippen molar-refractivity contribution in [1.82, 2.24) is 0 Å². The molecule has 1 aliphatic rings. The molecule has 6 N–H and O–H groups in total. The molecule has 0 unspecified atom stereocenters. The van der Waals surface area contributed by atoms with Gasteiger partial charge in [-0.15, -0.1) is 0 Å². The first-order valence-corrected chi connectivity index (χ1v) is 9.92. The van der Waals surface area contributed by atoms with Crippen LogP contribution in [0.2, 0.25) is 0 Å². The van der Waals surface area contributed by atoms with Crippen molar-refractivity contribution in [3.8, 4) is 17.2 Å². The maximum atomic E-state index is 12.8. The van der Waals surface area contributed by atoms with Crippen LogP contribution in [0.5, 0.6) is 17.2 Å². The van der Waals surface area contributed by atoms with Crippen molar-refractivity contribution in [2.24, 2.45) is 0 Å². The van der Waals surface area contributed by atoms with Crippen molar-refractivity contribution < 1.29 is 49.8 Å². The number of carbonyl (C=O) groups excluding carboxylic acids is 1. The van der Waals surface area contributed by atoms with E-state index >= 15 is 0 Å². The highest BCUT2D eigenvalue weighted by molar-refractivity contribution is 6.01. The lowest BCUT2D eigenvalue weighted by Gasteiger charge is -2.39. The standard InChI is InChI=1S/C21H23NO11/c23-9-16-18(27)19(28)20(29)21(33-16)32-15-8-12(24)7-14(26)17(15)13(25)6-3-10-1-4-11(5-2-10)22(30)31/h1-2,4-5,7-8,16,18-21,23-24,26-29H,3,6,9H2/t16-,18-,19+,20-,21-/m1/s1. The lowest BCUT2D eigenvalue weighted by atomic mass is 9.99. The Morgan fingerprint density at radius 1 is 1.06 bits per heavy atom. The monoisotopic (exact) mass is 465 g/mol. The van der Waals surface area contributed by atoms with Gasteiger partial charge in [-0.1, -0.05) is 12.1 Å². The number of aryl methyl sites for hydroxylation is 1. The van der Waals surface area contributed by atoms with Crippen LogP contribution in [0.1, 0.15) is 22.3 Å². The first kappa shape index (κ1) is 24.4. The Morgan fingerprint density at radius 3 is 2.33 bits per heavy atom. The molecule has 0 bridgehead atoms. The van der Waals surface area contributed by atoms with Crippen LogP contribution in [-0.4, -0.2) is 78.7 Å². The van der Waals surface area contributed by atoms with E-state index in [-0.39, 0.29) is 29.8 Å². The summed E-state index contributed by atoms with van der Waals surface area (Å²) in [6.07, 6.45) is -7.98. The van der Waals surface area contributed by atoms with E-state index in [1.54, 1.807) is 0 Å². The average molecular weight is 465 g/mol. The number of hydrogen-bond acceptors (Lipinski definition) is 11. The number of non-ortho nitro benzene ring substituents is 1. The zero-order valence-corrected chi connectivity index (χ0v) is 17.1. The minimum absolute atomic E-state index is 0.100. The Hall–Kier alpha value is -3.29. The van der Waals surface area contributed by atoms with Gasteiger partial charge in [0.05, 0.1) is 11.5 Å². The summed E-state index contributed by atoms with van der Waals surface area (Å²) in [5, 5.41) is 70.1. The largest absolute Gasteiger partial charge is 0.508 e. The number of aliphatic hydroxyl groups excluding tert-OH is 4. The van der Waals surface area contributed by atoms with E-state index in [0.29, 0.717) is 5.56 Å². The summed E-state index contributed by atoms with van der Waals surface area (Å²) in [4.78, 5) is 23.0. The van der Waals surface area contributed by atoms with Crippen LogP contribution in [-0.2, 0) is 11.2 Å². The normalized spacial score (nSPS) is 24.9. The Bertz CT molecular complexity index is 1010. The number of ketones is 1. The maximum Gasteiger partial charge on any atom is 0.269 e. The van der Waals surface area contributed by atoms with Crippen molar-refractivity contribution in [3.05, 3.63) is 57.6 Å². The molecule has 12 heteroatoms.